The zero-order chi connectivity index (χ0) is 10.8. The SMILES string of the molecule is CCC(C)C1(Br)C=C(C(C)C)C=CC1. The maximum Gasteiger partial charge on any atom is 0.0502 e. The van der Waals surface area contributed by atoms with Gasteiger partial charge in [-0.3, -0.25) is 0 Å². The molecule has 2 unspecified atom stereocenters. The molecule has 0 aliphatic heterocycles. The predicted molar refractivity (Wildman–Crippen MR) is 67.8 cm³/mol. The fourth-order valence-corrected chi connectivity index (χ4v) is 2.58. The van der Waals surface area contributed by atoms with Crippen LogP contribution in [0.1, 0.15) is 40.5 Å². The van der Waals surface area contributed by atoms with Gasteiger partial charge in [0.15, 0.2) is 0 Å². The molecule has 0 bridgehead atoms. The zero-order valence-corrected chi connectivity index (χ0v) is 11.3. The van der Waals surface area contributed by atoms with E-state index >= 15 is 0 Å². The van der Waals surface area contributed by atoms with Crippen LogP contribution in [0.3, 0.4) is 0 Å². The maximum atomic E-state index is 3.90. The molecule has 0 radical (unpaired) electrons. The summed E-state index contributed by atoms with van der Waals surface area (Å²) < 4.78 is 0.204. The van der Waals surface area contributed by atoms with E-state index in [1.807, 2.05) is 0 Å². The molecule has 0 nitrogen and oxygen atoms in total. The number of hydrogen-bond acceptors (Lipinski definition) is 0. The molecule has 0 aromatic rings. The van der Waals surface area contributed by atoms with Crippen LogP contribution in [0.25, 0.3) is 0 Å². The minimum atomic E-state index is 0.204. The molecule has 0 aromatic carbocycles. The van der Waals surface area contributed by atoms with Gasteiger partial charge in [-0.15, -0.1) is 0 Å². The Kier molecular flexibility index (Phi) is 4.00. The molecule has 0 saturated heterocycles. The van der Waals surface area contributed by atoms with Gasteiger partial charge in [0.25, 0.3) is 0 Å². The van der Waals surface area contributed by atoms with Crippen LogP contribution in [0.15, 0.2) is 23.8 Å². The second-order valence-electron chi connectivity index (χ2n) is 4.64. The van der Waals surface area contributed by atoms with E-state index in [4.69, 9.17) is 0 Å². The molecule has 0 aromatic heterocycles. The first-order valence-electron chi connectivity index (χ1n) is 5.57. The Morgan fingerprint density at radius 1 is 1.43 bits per heavy atom. The molecule has 0 saturated carbocycles. The van der Waals surface area contributed by atoms with Gasteiger partial charge in [-0.25, -0.2) is 0 Å². The van der Waals surface area contributed by atoms with Gasteiger partial charge in [0, 0.05) is 0 Å². The highest BCUT2D eigenvalue weighted by atomic mass is 79.9. The van der Waals surface area contributed by atoms with Crippen molar-refractivity contribution in [2.75, 3.05) is 0 Å². The monoisotopic (exact) mass is 256 g/mol. The second-order valence-corrected chi connectivity index (χ2v) is 6.12. The summed E-state index contributed by atoms with van der Waals surface area (Å²) in [5.74, 6) is 1.33. The topological polar surface area (TPSA) is 0 Å². The van der Waals surface area contributed by atoms with E-state index in [0.717, 1.165) is 6.42 Å². The van der Waals surface area contributed by atoms with Crippen LogP contribution in [0.2, 0.25) is 0 Å². The molecule has 1 aliphatic carbocycles. The van der Waals surface area contributed by atoms with Gasteiger partial charge in [-0.05, 0) is 23.8 Å². The minimum Gasteiger partial charge on any atom is -0.0825 e. The molecule has 1 heteroatoms. The Hall–Kier alpha value is -0.0400. The predicted octanol–water partition coefficient (Wildman–Crippen LogP) is 4.71. The summed E-state index contributed by atoms with van der Waals surface area (Å²) in [4.78, 5) is 0. The molecule has 0 fully saturated rings. The lowest BCUT2D eigenvalue weighted by atomic mass is 9.82. The third kappa shape index (κ3) is 2.50. The van der Waals surface area contributed by atoms with E-state index in [0.29, 0.717) is 11.8 Å². The van der Waals surface area contributed by atoms with Gasteiger partial charge < -0.3 is 0 Å². The van der Waals surface area contributed by atoms with Gasteiger partial charge in [0.05, 0.1) is 4.32 Å². The molecular weight excluding hydrogens is 236 g/mol. The quantitative estimate of drug-likeness (QED) is 0.642. The molecule has 0 N–H and O–H groups in total. The fourth-order valence-electron chi connectivity index (χ4n) is 1.80. The van der Waals surface area contributed by atoms with E-state index in [9.17, 15) is 0 Å². The molecule has 0 heterocycles. The summed E-state index contributed by atoms with van der Waals surface area (Å²) in [6.07, 6.45) is 9.34. The van der Waals surface area contributed by atoms with Crippen molar-refractivity contribution in [2.24, 2.45) is 11.8 Å². The summed E-state index contributed by atoms with van der Waals surface area (Å²) in [7, 11) is 0. The van der Waals surface area contributed by atoms with Crippen molar-refractivity contribution >= 4 is 15.9 Å². The van der Waals surface area contributed by atoms with E-state index in [-0.39, 0.29) is 4.32 Å². The summed E-state index contributed by atoms with van der Waals surface area (Å²) in [5.41, 5.74) is 1.47. The van der Waals surface area contributed by atoms with Crippen molar-refractivity contribution in [2.45, 2.75) is 44.9 Å². The largest absolute Gasteiger partial charge is 0.0825 e. The van der Waals surface area contributed by atoms with Crippen molar-refractivity contribution in [1.29, 1.82) is 0 Å². The molecule has 2 atom stereocenters. The summed E-state index contributed by atoms with van der Waals surface area (Å²) in [6, 6.07) is 0. The van der Waals surface area contributed by atoms with Crippen molar-refractivity contribution in [3.63, 3.8) is 0 Å². The standard InChI is InChI=1S/C13H21Br/c1-5-11(4)13(14)8-6-7-12(9-13)10(2)3/h6-7,9-11H,5,8H2,1-4H3. The maximum absolute atomic E-state index is 3.90. The van der Waals surface area contributed by atoms with Crippen LogP contribution in [-0.4, -0.2) is 4.32 Å². The molecular formula is C13H21Br. The third-order valence-electron chi connectivity index (χ3n) is 3.25. The third-order valence-corrected chi connectivity index (χ3v) is 4.58. The normalized spacial score (nSPS) is 29.1. The Bertz CT molecular complexity index is 250. The van der Waals surface area contributed by atoms with Gasteiger partial charge >= 0.3 is 0 Å². The summed E-state index contributed by atoms with van der Waals surface area (Å²) >= 11 is 3.90. The fraction of sp³-hybridized carbons (Fsp3) is 0.692. The highest BCUT2D eigenvalue weighted by molar-refractivity contribution is 9.10. The minimum absolute atomic E-state index is 0.204. The Balaban J connectivity index is 2.88. The molecule has 1 aliphatic rings. The summed E-state index contributed by atoms with van der Waals surface area (Å²) in [6.45, 7) is 9.09. The molecule has 0 amide bonds. The van der Waals surface area contributed by atoms with Gasteiger partial charge in [-0.1, -0.05) is 68.3 Å². The zero-order valence-electron chi connectivity index (χ0n) is 9.68. The highest BCUT2D eigenvalue weighted by Crippen LogP contribution is 2.39. The average molecular weight is 257 g/mol. The number of hydrogen-bond donors (Lipinski definition) is 0. The Labute approximate surface area is 96.6 Å². The van der Waals surface area contributed by atoms with E-state index in [1.54, 1.807) is 0 Å². The first kappa shape index (κ1) is 12.0. The first-order valence-corrected chi connectivity index (χ1v) is 6.37. The van der Waals surface area contributed by atoms with Crippen LogP contribution >= 0.6 is 15.9 Å². The smallest absolute Gasteiger partial charge is 0.0502 e. The number of rotatable bonds is 3. The van der Waals surface area contributed by atoms with Crippen molar-refractivity contribution < 1.29 is 0 Å². The van der Waals surface area contributed by atoms with E-state index in [1.165, 1.54) is 12.0 Å². The Morgan fingerprint density at radius 2 is 2.07 bits per heavy atom. The molecule has 80 valence electrons. The van der Waals surface area contributed by atoms with Gasteiger partial charge in [0.2, 0.25) is 0 Å². The van der Waals surface area contributed by atoms with Crippen LogP contribution in [0.5, 0.6) is 0 Å². The molecule has 0 spiro atoms. The lowest BCUT2D eigenvalue weighted by molar-refractivity contribution is 0.460. The van der Waals surface area contributed by atoms with Crippen molar-refractivity contribution in [3.05, 3.63) is 23.8 Å². The first-order chi connectivity index (χ1) is 6.49. The van der Waals surface area contributed by atoms with Gasteiger partial charge in [-0.2, -0.15) is 0 Å². The lowest BCUT2D eigenvalue weighted by Gasteiger charge is -2.33. The highest BCUT2D eigenvalue weighted by Gasteiger charge is 2.31. The number of alkyl halides is 1. The van der Waals surface area contributed by atoms with Crippen molar-refractivity contribution in [3.8, 4) is 0 Å². The Morgan fingerprint density at radius 3 is 2.57 bits per heavy atom. The number of allylic oxidation sites excluding steroid dienone is 4. The van der Waals surface area contributed by atoms with E-state index in [2.05, 4.69) is 61.9 Å². The van der Waals surface area contributed by atoms with Crippen LogP contribution in [0, 0.1) is 11.8 Å². The second kappa shape index (κ2) is 4.65. The van der Waals surface area contributed by atoms with Gasteiger partial charge in [0.1, 0.15) is 0 Å². The van der Waals surface area contributed by atoms with Crippen LogP contribution < -0.4 is 0 Å². The lowest BCUT2D eigenvalue weighted by Crippen LogP contribution is -2.28. The van der Waals surface area contributed by atoms with E-state index < -0.39 is 0 Å². The van der Waals surface area contributed by atoms with Crippen molar-refractivity contribution in [1.82, 2.24) is 0 Å². The van der Waals surface area contributed by atoms with Crippen LogP contribution in [-0.2, 0) is 0 Å². The molecule has 1 rings (SSSR count). The summed E-state index contributed by atoms with van der Waals surface area (Å²) in [5, 5.41) is 0. The number of halogens is 1. The molecule has 14 heavy (non-hydrogen) atoms. The van der Waals surface area contributed by atoms with Crippen LogP contribution in [0.4, 0.5) is 0 Å². The average Bonchev–Trinajstić information content (AvgIpc) is 2.16.